The molecular weight excluding hydrogens is 230 g/mol. The summed E-state index contributed by atoms with van der Waals surface area (Å²) in [5.41, 5.74) is 6.10. The van der Waals surface area contributed by atoms with Crippen LogP contribution in [0.3, 0.4) is 0 Å². The van der Waals surface area contributed by atoms with Crippen LogP contribution in [0.25, 0.3) is 0 Å². The van der Waals surface area contributed by atoms with Crippen LogP contribution in [0.4, 0.5) is 5.69 Å². The van der Waals surface area contributed by atoms with Gasteiger partial charge in [-0.2, -0.15) is 0 Å². The number of hydrogen-bond acceptors (Lipinski definition) is 3. The van der Waals surface area contributed by atoms with Crippen molar-refractivity contribution in [3.05, 3.63) is 18.0 Å². The monoisotopic (exact) mass is 251 g/mol. The molecule has 0 atom stereocenters. The van der Waals surface area contributed by atoms with Crippen LogP contribution in [0.1, 0.15) is 43.2 Å². The number of amides is 1. The number of aliphatic hydroxyl groups is 1. The second-order valence-corrected chi connectivity index (χ2v) is 5.77. The minimum absolute atomic E-state index is 0.0966. The first-order valence-corrected chi connectivity index (χ1v) is 6.23. The van der Waals surface area contributed by atoms with E-state index in [0.717, 1.165) is 12.8 Å². The maximum absolute atomic E-state index is 12.3. The van der Waals surface area contributed by atoms with Crippen molar-refractivity contribution in [2.45, 2.75) is 38.3 Å². The van der Waals surface area contributed by atoms with E-state index in [-0.39, 0.29) is 5.91 Å². The van der Waals surface area contributed by atoms with Gasteiger partial charge in [0.1, 0.15) is 5.69 Å². The predicted molar refractivity (Wildman–Crippen MR) is 70.4 cm³/mol. The molecule has 1 aromatic rings. The van der Waals surface area contributed by atoms with Crippen molar-refractivity contribution in [2.75, 3.05) is 19.3 Å². The fraction of sp³-hybridized carbons (Fsp3) is 0.615. The number of rotatable bonds is 4. The molecule has 0 bridgehead atoms. The van der Waals surface area contributed by atoms with E-state index in [1.165, 1.54) is 4.90 Å². The van der Waals surface area contributed by atoms with E-state index in [9.17, 15) is 9.90 Å². The molecule has 2 rings (SSSR count). The molecule has 0 spiro atoms. The molecule has 1 saturated carbocycles. The van der Waals surface area contributed by atoms with Gasteiger partial charge in [0, 0.05) is 25.8 Å². The Balaban J connectivity index is 2.17. The van der Waals surface area contributed by atoms with Crippen molar-refractivity contribution in [2.24, 2.45) is 0 Å². The number of carbonyl (C=O) groups excluding carboxylic acids is 1. The van der Waals surface area contributed by atoms with Crippen molar-refractivity contribution in [1.29, 1.82) is 0 Å². The van der Waals surface area contributed by atoms with Gasteiger partial charge in [-0.1, -0.05) is 0 Å². The number of nitrogen functional groups attached to an aromatic ring is 1. The summed E-state index contributed by atoms with van der Waals surface area (Å²) < 4.78 is 1.96. The smallest absolute Gasteiger partial charge is 0.270 e. The second-order valence-electron chi connectivity index (χ2n) is 5.77. The van der Waals surface area contributed by atoms with E-state index in [4.69, 9.17) is 5.73 Å². The standard InChI is InChI=1S/C13H21N3O2/c1-13(2,18)8-15(3)12(17)11-6-9(14)7-16(11)10-4-5-10/h6-7,10,18H,4-5,8,14H2,1-3H3. The van der Waals surface area contributed by atoms with Crippen LogP contribution in [0.2, 0.25) is 0 Å². The third kappa shape index (κ3) is 2.85. The SMILES string of the molecule is CN(CC(C)(C)O)C(=O)c1cc(N)cn1C1CC1. The Kier molecular flexibility index (Phi) is 3.11. The predicted octanol–water partition coefficient (Wildman–Crippen LogP) is 1.25. The lowest BCUT2D eigenvalue weighted by Gasteiger charge is -2.25. The van der Waals surface area contributed by atoms with Crippen LogP contribution in [-0.2, 0) is 0 Å². The zero-order chi connectivity index (χ0) is 13.5. The van der Waals surface area contributed by atoms with Gasteiger partial charge < -0.3 is 20.3 Å². The van der Waals surface area contributed by atoms with Crippen LogP contribution in [-0.4, -0.2) is 39.7 Å². The Morgan fingerprint density at radius 3 is 2.72 bits per heavy atom. The zero-order valence-electron chi connectivity index (χ0n) is 11.2. The van der Waals surface area contributed by atoms with Crippen LogP contribution < -0.4 is 5.73 Å². The summed E-state index contributed by atoms with van der Waals surface area (Å²) in [6.45, 7) is 3.66. The van der Waals surface area contributed by atoms with E-state index in [0.29, 0.717) is 24.0 Å². The lowest BCUT2D eigenvalue weighted by atomic mass is 10.1. The average Bonchev–Trinajstić information content (AvgIpc) is 2.98. The number of hydrogen-bond donors (Lipinski definition) is 2. The number of carbonyl (C=O) groups is 1. The molecule has 0 aromatic carbocycles. The van der Waals surface area contributed by atoms with Crippen LogP contribution in [0, 0.1) is 0 Å². The Bertz CT molecular complexity index is 455. The van der Waals surface area contributed by atoms with Gasteiger partial charge in [0.25, 0.3) is 5.91 Å². The zero-order valence-corrected chi connectivity index (χ0v) is 11.2. The molecule has 0 unspecified atom stereocenters. The molecule has 0 radical (unpaired) electrons. The van der Waals surface area contributed by atoms with Gasteiger partial charge in [-0.25, -0.2) is 0 Å². The maximum Gasteiger partial charge on any atom is 0.270 e. The van der Waals surface area contributed by atoms with Crippen molar-refractivity contribution < 1.29 is 9.90 Å². The van der Waals surface area contributed by atoms with Crippen molar-refractivity contribution in [3.63, 3.8) is 0 Å². The molecule has 0 saturated heterocycles. The molecule has 1 amide bonds. The normalized spacial score (nSPS) is 15.8. The van der Waals surface area contributed by atoms with Gasteiger partial charge in [-0.05, 0) is 32.8 Å². The summed E-state index contributed by atoms with van der Waals surface area (Å²) in [5, 5.41) is 9.75. The molecule has 5 nitrogen and oxygen atoms in total. The quantitative estimate of drug-likeness (QED) is 0.846. The van der Waals surface area contributed by atoms with E-state index in [1.54, 1.807) is 27.0 Å². The van der Waals surface area contributed by atoms with Crippen LogP contribution in [0.15, 0.2) is 12.3 Å². The minimum Gasteiger partial charge on any atom is -0.397 e. The molecule has 3 N–H and O–H groups in total. The third-order valence-electron chi connectivity index (χ3n) is 3.00. The van der Waals surface area contributed by atoms with Gasteiger partial charge in [0.2, 0.25) is 0 Å². The highest BCUT2D eigenvalue weighted by Gasteiger charge is 2.29. The van der Waals surface area contributed by atoms with E-state index in [1.807, 2.05) is 10.8 Å². The average molecular weight is 251 g/mol. The van der Waals surface area contributed by atoms with Crippen LogP contribution in [0.5, 0.6) is 0 Å². The van der Waals surface area contributed by atoms with Gasteiger partial charge >= 0.3 is 0 Å². The summed E-state index contributed by atoms with van der Waals surface area (Å²) >= 11 is 0. The number of anilines is 1. The Hall–Kier alpha value is -1.49. The molecule has 1 heterocycles. The molecule has 100 valence electrons. The first kappa shape index (κ1) is 13.0. The summed E-state index contributed by atoms with van der Waals surface area (Å²) in [6.07, 6.45) is 4.02. The summed E-state index contributed by atoms with van der Waals surface area (Å²) in [7, 11) is 1.70. The van der Waals surface area contributed by atoms with Crippen LogP contribution >= 0.6 is 0 Å². The molecule has 1 fully saturated rings. The first-order valence-electron chi connectivity index (χ1n) is 6.23. The molecule has 1 aliphatic rings. The highest BCUT2D eigenvalue weighted by molar-refractivity contribution is 5.93. The summed E-state index contributed by atoms with van der Waals surface area (Å²) in [6, 6.07) is 2.12. The van der Waals surface area contributed by atoms with E-state index < -0.39 is 5.60 Å². The topological polar surface area (TPSA) is 71.5 Å². The highest BCUT2D eigenvalue weighted by Crippen LogP contribution is 2.37. The fourth-order valence-electron chi connectivity index (χ4n) is 2.17. The van der Waals surface area contributed by atoms with E-state index in [2.05, 4.69) is 0 Å². The molecule has 1 aliphatic carbocycles. The highest BCUT2D eigenvalue weighted by atomic mass is 16.3. The largest absolute Gasteiger partial charge is 0.397 e. The van der Waals surface area contributed by atoms with Gasteiger partial charge in [0.15, 0.2) is 0 Å². The molecular formula is C13H21N3O2. The lowest BCUT2D eigenvalue weighted by Crippen LogP contribution is -2.40. The van der Waals surface area contributed by atoms with Gasteiger partial charge in [-0.3, -0.25) is 4.79 Å². The molecule has 18 heavy (non-hydrogen) atoms. The Labute approximate surface area is 107 Å². The van der Waals surface area contributed by atoms with Crippen molar-refractivity contribution in [3.8, 4) is 0 Å². The third-order valence-corrected chi connectivity index (χ3v) is 3.00. The van der Waals surface area contributed by atoms with Gasteiger partial charge in [-0.15, -0.1) is 0 Å². The fourth-order valence-corrected chi connectivity index (χ4v) is 2.17. The molecule has 1 aromatic heterocycles. The Morgan fingerprint density at radius 1 is 1.61 bits per heavy atom. The van der Waals surface area contributed by atoms with E-state index >= 15 is 0 Å². The minimum atomic E-state index is -0.896. The number of nitrogens with two attached hydrogens (primary N) is 1. The molecule has 0 aliphatic heterocycles. The summed E-state index contributed by atoms with van der Waals surface area (Å²) in [5.74, 6) is -0.0966. The maximum atomic E-state index is 12.3. The second kappa shape index (κ2) is 4.31. The number of nitrogens with zero attached hydrogens (tertiary/aromatic N) is 2. The van der Waals surface area contributed by atoms with Crippen molar-refractivity contribution in [1.82, 2.24) is 9.47 Å². The first-order chi connectivity index (χ1) is 8.28. The number of aromatic nitrogens is 1. The lowest BCUT2D eigenvalue weighted by molar-refractivity contribution is 0.0362. The Morgan fingerprint density at radius 2 is 2.22 bits per heavy atom. The number of likely N-dealkylation sites (N-methyl/N-ethyl adjacent to an activating group) is 1. The molecule has 5 heteroatoms. The van der Waals surface area contributed by atoms with Crippen molar-refractivity contribution >= 4 is 11.6 Å². The summed E-state index contributed by atoms with van der Waals surface area (Å²) in [4.78, 5) is 13.9. The van der Waals surface area contributed by atoms with Gasteiger partial charge in [0.05, 0.1) is 11.3 Å².